The van der Waals surface area contributed by atoms with Gasteiger partial charge in [0.05, 0.1) is 7.05 Å². The van der Waals surface area contributed by atoms with Crippen molar-refractivity contribution in [1.82, 2.24) is 4.57 Å². The van der Waals surface area contributed by atoms with Gasteiger partial charge in [0.2, 0.25) is 6.33 Å². The highest BCUT2D eigenvalue weighted by Gasteiger charge is 2.04. The van der Waals surface area contributed by atoms with Crippen molar-refractivity contribution >= 4 is 5.78 Å². The average Bonchev–Trinajstić information content (AvgIpc) is 2.65. The van der Waals surface area contributed by atoms with Crippen molar-refractivity contribution < 1.29 is 33.3 Å². The monoisotopic (exact) mass is 328 g/mol. The molecule has 0 atom stereocenters. The van der Waals surface area contributed by atoms with Crippen LogP contribution in [0.3, 0.4) is 0 Å². The Morgan fingerprint density at radius 2 is 1.88 bits per heavy atom. The van der Waals surface area contributed by atoms with E-state index in [2.05, 4.69) is 0 Å². The molecule has 0 bridgehead atoms. The summed E-state index contributed by atoms with van der Waals surface area (Å²) in [5.41, 5.74) is 1.80. The molecule has 0 saturated carbocycles. The van der Waals surface area contributed by atoms with Gasteiger partial charge in [-0.1, -0.05) is 0 Å². The van der Waals surface area contributed by atoms with E-state index in [9.17, 15) is 4.79 Å². The number of Topliss-reactive ketones (excluding diaryl/α,β-unsaturated/α-hetero) is 1. The predicted octanol–water partition coefficient (Wildman–Crippen LogP) is -1.49. The van der Waals surface area contributed by atoms with Gasteiger partial charge in [0.25, 0.3) is 0 Å². The number of nitrogens with zero attached hydrogens (tertiary/aromatic N) is 2. The molecule has 0 aliphatic carbocycles. The fourth-order valence-corrected chi connectivity index (χ4v) is 1.47. The number of imidazole rings is 1. The Hall–Kier alpha value is -1.17. The zero-order valence-electron chi connectivity index (χ0n) is 9.22. The van der Waals surface area contributed by atoms with E-state index in [1.807, 2.05) is 59.2 Å². The summed E-state index contributed by atoms with van der Waals surface area (Å²) in [6.07, 6.45) is 5.92. The van der Waals surface area contributed by atoms with Crippen LogP contribution in [0.15, 0.2) is 43.0 Å². The fourth-order valence-electron chi connectivity index (χ4n) is 1.47. The van der Waals surface area contributed by atoms with Gasteiger partial charge in [0.15, 0.2) is 5.78 Å². The van der Waals surface area contributed by atoms with Crippen LogP contribution in [0.4, 0.5) is 0 Å². The number of carbonyl (C=O) groups is 1. The van der Waals surface area contributed by atoms with Crippen molar-refractivity contribution in [3.05, 3.63) is 48.5 Å². The summed E-state index contributed by atoms with van der Waals surface area (Å²) in [5.74, 6) is 0.0969. The maximum atomic E-state index is 11.1. The lowest BCUT2D eigenvalue weighted by atomic mass is 10.1. The Bertz CT molecular complexity index is 488. The van der Waals surface area contributed by atoms with E-state index in [0.717, 1.165) is 11.3 Å². The number of halogens is 1. The van der Waals surface area contributed by atoms with Crippen molar-refractivity contribution in [2.75, 3.05) is 0 Å². The number of rotatable bonds is 2. The molecule has 84 valence electrons. The minimum Gasteiger partial charge on any atom is -1.00 e. The van der Waals surface area contributed by atoms with Crippen LogP contribution < -0.4 is 28.5 Å². The molecule has 1 aromatic carbocycles. The van der Waals surface area contributed by atoms with Crippen molar-refractivity contribution in [1.29, 1.82) is 0 Å². The van der Waals surface area contributed by atoms with Crippen LogP contribution in [0.5, 0.6) is 0 Å². The highest BCUT2D eigenvalue weighted by molar-refractivity contribution is 5.94. The number of carbonyl (C=O) groups excluding carboxylic acids is 1. The molecule has 1 heterocycles. The lowest BCUT2D eigenvalue weighted by molar-refractivity contribution is -0.670. The highest BCUT2D eigenvalue weighted by Crippen LogP contribution is 2.08. The Labute approximate surface area is 112 Å². The topological polar surface area (TPSA) is 25.9 Å². The van der Waals surface area contributed by atoms with Crippen LogP contribution in [0.25, 0.3) is 5.69 Å². The van der Waals surface area contributed by atoms with E-state index in [4.69, 9.17) is 0 Å². The van der Waals surface area contributed by atoms with E-state index in [1.54, 1.807) is 6.92 Å². The molecule has 4 heteroatoms. The van der Waals surface area contributed by atoms with Crippen LogP contribution in [0.2, 0.25) is 0 Å². The first-order valence-corrected chi connectivity index (χ1v) is 4.81. The second-order valence-electron chi connectivity index (χ2n) is 3.59. The van der Waals surface area contributed by atoms with Crippen LogP contribution in [0.1, 0.15) is 17.3 Å². The van der Waals surface area contributed by atoms with Gasteiger partial charge in [-0.2, -0.15) is 0 Å². The molecule has 16 heavy (non-hydrogen) atoms. The van der Waals surface area contributed by atoms with Gasteiger partial charge in [-0.25, -0.2) is 9.13 Å². The molecule has 0 aliphatic heterocycles. The summed E-state index contributed by atoms with van der Waals surface area (Å²) in [6, 6.07) is 7.57. The van der Waals surface area contributed by atoms with Gasteiger partial charge in [0.1, 0.15) is 18.1 Å². The second-order valence-corrected chi connectivity index (χ2v) is 3.59. The quantitative estimate of drug-likeness (QED) is 0.375. The third-order valence-corrected chi connectivity index (χ3v) is 2.34. The molecule has 0 N–H and O–H groups in total. The molecular weight excluding hydrogens is 315 g/mol. The summed E-state index contributed by atoms with van der Waals surface area (Å²) in [4.78, 5) is 11.1. The van der Waals surface area contributed by atoms with Crippen molar-refractivity contribution in [2.24, 2.45) is 7.05 Å². The third kappa shape index (κ3) is 2.69. The lowest BCUT2D eigenvalue weighted by Gasteiger charge is -1.97. The standard InChI is InChI=1S/C12H13N2O.HI/c1-10(15)11-3-5-12(6-4-11)14-8-7-13(2)9-14;/h3-9H,1-2H3;1H/q+1;/p-1. The Balaban J connectivity index is 0.00000128. The number of aromatic nitrogens is 2. The molecule has 3 nitrogen and oxygen atoms in total. The maximum Gasteiger partial charge on any atom is 0.248 e. The van der Waals surface area contributed by atoms with E-state index in [-0.39, 0.29) is 29.8 Å². The molecule has 1 aromatic heterocycles. The van der Waals surface area contributed by atoms with Gasteiger partial charge in [0, 0.05) is 5.56 Å². The van der Waals surface area contributed by atoms with E-state index in [1.165, 1.54) is 0 Å². The Morgan fingerprint density at radius 3 is 2.31 bits per heavy atom. The molecule has 0 spiro atoms. The molecular formula is C12H13IN2O. The van der Waals surface area contributed by atoms with Crippen LogP contribution in [-0.4, -0.2) is 10.4 Å². The molecule has 0 radical (unpaired) electrons. The van der Waals surface area contributed by atoms with Crippen molar-refractivity contribution in [3.8, 4) is 5.69 Å². The normalized spacial score (nSPS) is 9.62. The molecule has 0 fully saturated rings. The predicted molar refractivity (Wildman–Crippen MR) is 56.9 cm³/mol. The fraction of sp³-hybridized carbons (Fsp3) is 0.167. The molecule has 0 aliphatic rings. The third-order valence-electron chi connectivity index (χ3n) is 2.34. The zero-order valence-corrected chi connectivity index (χ0v) is 11.4. The summed E-state index contributed by atoms with van der Waals surface area (Å²) in [6.45, 7) is 1.57. The highest BCUT2D eigenvalue weighted by atomic mass is 127. The number of aryl methyl sites for hydroxylation is 1. The summed E-state index contributed by atoms with van der Waals surface area (Å²) in [5, 5.41) is 0. The minimum atomic E-state index is 0. The molecule has 2 rings (SSSR count). The van der Waals surface area contributed by atoms with E-state index < -0.39 is 0 Å². The molecule has 0 saturated heterocycles. The smallest absolute Gasteiger partial charge is 0.248 e. The largest absolute Gasteiger partial charge is 1.00 e. The molecule has 0 unspecified atom stereocenters. The molecule has 2 aromatic rings. The van der Waals surface area contributed by atoms with Gasteiger partial charge < -0.3 is 24.0 Å². The lowest BCUT2D eigenvalue weighted by Crippen LogP contribution is -3.00. The van der Waals surface area contributed by atoms with Crippen LogP contribution in [0, 0.1) is 0 Å². The Morgan fingerprint density at radius 1 is 1.25 bits per heavy atom. The zero-order chi connectivity index (χ0) is 10.8. The first-order valence-electron chi connectivity index (χ1n) is 4.81. The number of benzene rings is 1. The SMILES string of the molecule is CC(=O)c1ccc(-n2cc[n+](C)c2)cc1.[I-]. The maximum absolute atomic E-state index is 11.1. The van der Waals surface area contributed by atoms with Crippen LogP contribution in [-0.2, 0) is 7.05 Å². The number of hydrogen-bond donors (Lipinski definition) is 0. The number of ketones is 1. The summed E-state index contributed by atoms with van der Waals surface area (Å²) in [7, 11) is 1.97. The average molecular weight is 328 g/mol. The van der Waals surface area contributed by atoms with E-state index in [0.29, 0.717) is 0 Å². The second kappa shape index (κ2) is 5.25. The summed E-state index contributed by atoms with van der Waals surface area (Å²) >= 11 is 0. The van der Waals surface area contributed by atoms with Crippen molar-refractivity contribution in [2.45, 2.75) is 6.92 Å². The minimum absolute atomic E-state index is 0. The van der Waals surface area contributed by atoms with Gasteiger partial charge in [-0.3, -0.25) is 4.79 Å². The molecule has 0 amide bonds. The van der Waals surface area contributed by atoms with Crippen molar-refractivity contribution in [3.63, 3.8) is 0 Å². The summed E-state index contributed by atoms with van der Waals surface area (Å²) < 4.78 is 3.98. The van der Waals surface area contributed by atoms with Crippen LogP contribution >= 0.6 is 0 Å². The first-order chi connectivity index (χ1) is 7.16. The van der Waals surface area contributed by atoms with E-state index >= 15 is 0 Å². The first kappa shape index (κ1) is 12.9. The van der Waals surface area contributed by atoms with Gasteiger partial charge in [-0.15, -0.1) is 0 Å². The van der Waals surface area contributed by atoms with Gasteiger partial charge >= 0.3 is 0 Å². The number of hydrogen-bond acceptors (Lipinski definition) is 1. The van der Waals surface area contributed by atoms with Gasteiger partial charge in [-0.05, 0) is 31.2 Å². The Kier molecular flexibility index (Phi) is 4.23.